The average Bonchev–Trinajstić information content (AvgIpc) is 2.96. The van der Waals surface area contributed by atoms with E-state index in [0.29, 0.717) is 6.04 Å². The third kappa shape index (κ3) is 1.79. The van der Waals surface area contributed by atoms with E-state index in [2.05, 4.69) is 12.2 Å². The fourth-order valence-electron chi connectivity index (χ4n) is 3.29. The van der Waals surface area contributed by atoms with Gasteiger partial charge in [0.1, 0.15) is 5.82 Å². The number of benzene rings is 1. The second-order valence-corrected chi connectivity index (χ2v) is 6.55. The number of carbonyl (C=O) groups excluding carboxylic acids is 1. The predicted molar refractivity (Wildman–Crippen MR) is 78.5 cm³/mol. The van der Waals surface area contributed by atoms with Crippen LogP contribution in [0.5, 0.6) is 0 Å². The summed E-state index contributed by atoms with van der Waals surface area (Å²) in [6.45, 7) is 0. The average molecular weight is 287 g/mol. The van der Waals surface area contributed by atoms with Crippen LogP contribution in [0.15, 0.2) is 36.4 Å². The molecule has 1 fully saturated rings. The number of rotatable bonds is 1. The number of hydrogen-bond donors (Lipinski definition) is 0. The van der Waals surface area contributed by atoms with E-state index in [1.165, 1.54) is 23.5 Å². The Balaban J connectivity index is 1.72. The molecule has 2 unspecified atom stereocenters. The molecule has 4 heteroatoms. The minimum atomic E-state index is -0.254. The number of amides is 1. The highest BCUT2D eigenvalue weighted by Gasteiger charge is 2.37. The lowest BCUT2D eigenvalue weighted by Crippen LogP contribution is -2.41. The molecule has 1 aromatic heterocycles. The maximum absolute atomic E-state index is 13.2. The molecule has 3 heterocycles. The summed E-state index contributed by atoms with van der Waals surface area (Å²) in [6, 6.07) is 7.11. The van der Waals surface area contributed by atoms with E-state index < -0.39 is 0 Å². The second kappa shape index (κ2) is 4.42. The van der Waals surface area contributed by atoms with Gasteiger partial charge in [-0.15, -0.1) is 11.3 Å². The molecule has 0 spiro atoms. The van der Waals surface area contributed by atoms with Crippen molar-refractivity contribution in [3.63, 3.8) is 0 Å². The quantitative estimate of drug-likeness (QED) is 0.727. The van der Waals surface area contributed by atoms with Crippen molar-refractivity contribution in [1.82, 2.24) is 4.90 Å². The van der Waals surface area contributed by atoms with E-state index in [1.807, 2.05) is 11.0 Å². The molecule has 2 nitrogen and oxygen atoms in total. The van der Waals surface area contributed by atoms with Gasteiger partial charge in [-0.25, -0.2) is 4.39 Å². The third-order valence-electron chi connectivity index (χ3n) is 4.24. The first kappa shape index (κ1) is 12.1. The maximum atomic E-state index is 13.2. The molecule has 0 N–H and O–H groups in total. The van der Waals surface area contributed by atoms with E-state index in [-0.39, 0.29) is 17.8 Å². The van der Waals surface area contributed by atoms with Crippen LogP contribution in [0, 0.1) is 5.82 Å². The summed E-state index contributed by atoms with van der Waals surface area (Å²) in [5, 5.41) is 0.818. The maximum Gasteiger partial charge on any atom is 0.264 e. The van der Waals surface area contributed by atoms with Crippen LogP contribution in [-0.4, -0.2) is 22.9 Å². The molecule has 4 rings (SSSR count). The number of nitrogens with zero attached hydrogens (tertiary/aromatic N) is 1. The summed E-state index contributed by atoms with van der Waals surface area (Å²) in [7, 11) is 0. The van der Waals surface area contributed by atoms with Crippen LogP contribution in [0.3, 0.4) is 0 Å². The van der Waals surface area contributed by atoms with Crippen molar-refractivity contribution in [1.29, 1.82) is 0 Å². The molecule has 2 aliphatic rings. The Morgan fingerprint density at radius 2 is 2.20 bits per heavy atom. The van der Waals surface area contributed by atoms with E-state index in [9.17, 15) is 9.18 Å². The highest BCUT2D eigenvalue weighted by Crippen LogP contribution is 2.35. The molecule has 2 bridgehead atoms. The van der Waals surface area contributed by atoms with Gasteiger partial charge in [0.2, 0.25) is 0 Å². The zero-order valence-corrected chi connectivity index (χ0v) is 11.7. The molecule has 0 saturated carbocycles. The smallest absolute Gasteiger partial charge is 0.264 e. The lowest BCUT2D eigenvalue weighted by molar-refractivity contribution is 0.0694. The number of fused-ring (bicyclic) bond motifs is 3. The standard InChI is InChI=1S/C16H14FNOS/c17-11-4-7-14-10(8-11)9-15(20-14)16(19)18-12-2-1-3-13(18)6-5-12/h1-2,4,7-9,12-13H,3,5-6H2. The van der Waals surface area contributed by atoms with Gasteiger partial charge in [0.15, 0.2) is 0 Å². The molecule has 1 aromatic carbocycles. The van der Waals surface area contributed by atoms with Gasteiger partial charge in [0, 0.05) is 10.7 Å². The summed E-state index contributed by atoms with van der Waals surface area (Å²) in [4.78, 5) is 15.5. The Kier molecular flexibility index (Phi) is 2.67. The van der Waals surface area contributed by atoms with Gasteiger partial charge >= 0.3 is 0 Å². The Morgan fingerprint density at radius 1 is 1.30 bits per heavy atom. The first-order valence-corrected chi connectivity index (χ1v) is 7.72. The lowest BCUT2D eigenvalue weighted by Gasteiger charge is -2.31. The Hall–Kier alpha value is -1.68. The van der Waals surface area contributed by atoms with Gasteiger partial charge in [0.25, 0.3) is 5.91 Å². The molecule has 102 valence electrons. The van der Waals surface area contributed by atoms with Crippen LogP contribution in [0.1, 0.15) is 28.9 Å². The molecule has 1 saturated heterocycles. The first-order chi connectivity index (χ1) is 9.72. The van der Waals surface area contributed by atoms with Crippen molar-refractivity contribution in [3.05, 3.63) is 47.1 Å². The van der Waals surface area contributed by atoms with Gasteiger partial charge in [-0.2, -0.15) is 0 Å². The molecular formula is C16H14FNOS. The number of hydrogen-bond acceptors (Lipinski definition) is 2. The van der Waals surface area contributed by atoms with E-state index >= 15 is 0 Å². The third-order valence-corrected chi connectivity index (χ3v) is 5.34. The monoisotopic (exact) mass is 287 g/mol. The van der Waals surface area contributed by atoms with Gasteiger partial charge in [-0.1, -0.05) is 12.2 Å². The van der Waals surface area contributed by atoms with Crippen molar-refractivity contribution in [3.8, 4) is 0 Å². The molecule has 20 heavy (non-hydrogen) atoms. The summed E-state index contributed by atoms with van der Waals surface area (Å²) in [5.74, 6) is -0.154. The second-order valence-electron chi connectivity index (χ2n) is 5.47. The highest BCUT2D eigenvalue weighted by molar-refractivity contribution is 7.20. The van der Waals surface area contributed by atoms with Crippen molar-refractivity contribution >= 4 is 27.3 Å². The lowest BCUT2D eigenvalue weighted by atomic mass is 10.1. The Morgan fingerprint density at radius 3 is 3.05 bits per heavy atom. The van der Waals surface area contributed by atoms with Crippen molar-refractivity contribution in [2.24, 2.45) is 0 Å². The van der Waals surface area contributed by atoms with Gasteiger partial charge in [-0.05, 0) is 48.9 Å². The molecule has 2 atom stereocenters. The number of carbonyl (C=O) groups is 1. The van der Waals surface area contributed by atoms with E-state index in [4.69, 9.17) is 0 Å². The van der Waals surface area contributed by atoms with Crippen LogP contribution in [0.4, 0.5) is 4.39 Å². The van der Waals surface area contributed by atoms with Gasteiger partial charge in [0.05, 0.1) is 10.9 Å². The Labute approximate surface area is 120 Å². The van der Waals surface area contributed by atoms with Crippen molar-refractivity contribution in [2.45, 2.75) is 31.3 Å². The highest BCUT2D eigenvalue weighted by atomic mass is 32.1. The Bertz CT molecular complexity index is 720. The van der Waals surface area contributed by atoms with Gasteiger partial charge in [-0.3, -0.25) is 4.79 Å². The minimum absolute atomic E-state index is 0.100. The normalized spacial score (nSPS) is 24.6. The number of thiophene rings is 1. The molecule has 2 aliphatic heterocycles. The van der Waals surface area contributed by atoms with Gasteiger partial charge < -0.3 is 4.90 Å². The zero-order valence-electron chi connectivity index (χ0n) is 10.9. The largest absolute Gasteiger partial charge is 0.328 e. The van der Waals surface area contributed by atoms with Crippen LogP contribution in [0.2, 0.25) is 0 Å². The SMILES string of the molecule is O=C(c1cc2cc(F)ccc2s1)N1C2C=CCC1CC2. The van der Waals surface area contributed by atoms with Crippen LogP contribution < -0.4 is 0 Å². The minimum Gasteiger partial charge on any atom is -0.328 e. The molecule has 2 aromatic rings. The molecule has 1 amide bonds. The predicted octanol–water partition coefficient (Wildman–Crippen LogP) is 3.97. The van der Waals surface area contributed by atoms with Crippen molar-refractivity contribution < 1.29 is 9.18 Å². The van der Waals surface area contributed by atoms with Crippen LogP contribution >= 0.6 is 11.3 Å². The fourth-order valence-corrected chi connectivity index (χ4v) is 4.28. The molecule has 0 radical (unpaired) electrons. The summed E-state index contributed by atoms with van der Waals surface area (Å²) in [5.41, 5.74) is 0. The van der Waals surface area contributed by atoms with E-state index in [0.717, 1.165) is 34.2 Å². The summed E-state index contributed by atoms with van der Waals surface area (Å²) >= 11 is 1.46. The molecular weight excluding hydrogens is 273 g/mol. The first-order valence-electron chi connectivity index (χ1n) is 6.91. The van der Waals surface area contributed by atoms with Crippen LogP contribution in [0.25, 0.3) is 10.1 Å². The molecule has 0 aliphatic carbocycles. The van der Waals surface area contributed by atoms with Crippen LogP contribution in [-0.2, 0) is 0 Å². The van der Waals surface area contributed by atoms with Crippen molar-refractivity contribution in [2.75, 3.05) is 0 Å². The fraction of sp³-hybridized carbons (Fsp3) is 0.312. The zero-order chi connectivity index (χ0) is 13.7. The van der Waals surface area contributed by atoms with E-state index in [1.54, 1.807) is 6.07 Å². The topological polar surface area (TPSA) is 20.3 Å². The summed E-state index contributed by atoms with van der Waals surface area (Å²) in [6.07, 6.45) is 7.44. The summed E-state index contributed by atoms with van der Waals surface area (Å²) < 4.78 is 14.2. The number of halogens is 1.